The fraction of sp³-hybridized carbons (Fsp3) is 0.571. The van der Waals surface area contributed by atoms with Crippen molar-refractivity contribution in [2.45, 2.75) is 30.0 Å². The van der Waals surface area contributed by atoms with Gasteiger partial charge >= 0.3 is 0 Å². The van der Waals surface area contributed by atoms with E-state index in [0.29, 0.717) is 17.0 Å². The zero-order chi connectivity index (χ0) is 15.8. The lowest BCUT2D eigenvalue weighted by molar-refractivity contribution is 0.520. The van der Waals surface area contributed by atoms with Crippen LogP contribution in [0.2, 0.25) is 0 Å². The average Bonchev–Trinajstić information content (AvgIpc) is 2.42. The molecule has 5 nitrogen and oxygen atoms in total. The molecule has 0 radical (unpaired) electrons. The molecule has 0 spiro atoms. The molecule has 1 heterocycles. The number of anilines is 2. The lowest BCUT2D eigenvalue weighted by atomic mass is 10.1. The Labute approximate surface area is 131 Å². The predicted molar refractivity (Wildman–Crippen MR) is 90.5 cm³/mol. The fourth-order valence-electron chi connectivity index (χ4n) is 2.42. The molecule has 2 rings (SSSR count). The van der Waals surface area contributed by atoms with Crippen LogP contribution in [0.25, 0.3) is 0 Å². The summed E-state index contributed by atoms with van der Waals surface area (Å²) in [5.74, 6) is 1.02. The molecule has 1 saturated heterocycles. The zero-order valence-corrected chi connectivity index (χ0v) is 14.5. The van der Waals surface area contributed by atoms with Gasteiger partial charge in [0.15, 0.2) is 0 Å². The number of nitrogen functional groups attached to an aromatic ring is 1. The first kappa shape index (κ1) is 16.5. The van der Waals surface area contributed by atoms with Crippen LogP contribution in [0.4, 0.5) is 11.4 Å². The Bertz CT molecular complexity index is 617. The molecule has 0 bridgehead atoms. The van der Waals surface area contributed by atoms with E-state index in [1.165, 1.54) is 18.4 Å². The molecule has 2 unspecified atom stereocenters. The topological polar surface area (TPSA) is 66.6 Å². The van der Waals surface area contributed by atoms with Crippen LogP contribution in [-0.4, -0.2) is 50.4 Å². The second-order valence-corrected chi connectivity index (χ2v) is 9.15. The van der Waals surface area contributed by atoms with Gasteiger partial charge in [0.1, 0.15) is 0 Å². The summed E-state index contributed by atoms with van der Waals surface area (Å²) in [6.45, 7) is 5.23. The fourth-order valence-corrected chi connectivity index (χ4v) is 4.44. The summed E-state index contributed by atoms with van der Waals surface area (Å²) >= 11 is 1.94. The summed E-state index contributed by atoms with van der Waals surface area (Å²) in [5, 5.41) is 0.493. The van der Waals surface area contributed by atoms with Crippen molar-refractivity contribution in [2.24, 2.45) is 0 Å². The van der Waals surface area contributed by atoms with Crippen molar-refractivity contribution in [3.63, 3.8) is 0 Å². The minimum Gasteiger partial charge on any atom is -0.397 e. The summed E-state index contributed by atoms with van der Waals surface area (Å²) in [5.41, 5.74) is 7.53. The van der Waals surface area contributed by atoms with Crippen molar-refractivity contribution in [1.29, 1.82) is 0 Å². The molecular formula is C14H23N3O2S2. The molecule has 1 fully saturated rings. The Hall–Kier alpha value is -0.920. The minimum atomic E-state index is -3.44. The van der Waals surface area contributed by atoms with Gasteiger partial charge in [-0.05, 0) is 25.1 Å². The lowest BCUT2D eigenvalue weighted by Gasteiger charge is -2.40. The molecule has 118 valence electrons. The van der Waals surface area contributed by atoms with Crippen LogP contribution >= 0.6 is 11.8 Å². The lowest BCUT2D eigenvalue weighted by Crippen LogP contribution is -2.45. The molecule has 0 saturated carbocycles. The third-order valence-corrected chi connectivity index (χ3v) is 7.12. The van der Waals surface area contributed by atoms with E-state index in [-0.39, 0.29) is 4.90 Å². The number of hydrogen-bond acceptors (Lipinski definition) is 5. The highest BCUT2D eigenvalue weighted by Crippen LogP contribution is 2.34. The molecule has 2 atom stereocenters. The van der Waals surface area contributed by atoms with Gasteiger partial charge in [0.05, 0.1) is 16.3 Å². The maximum Gasteiger partial charge on any atom is 0.242 e. The number of nitrogens with zero attached hydrogens (tertiary/aromatic N) is 2. The van der Waals surface area contributed by atoms with Gasteiger partial charge in [-0.2, -0.15) is 11.8 Å². The van der Waals surface area contributed by atoms with E-state index in [1.54, 1.807) is 18.2 Å². The molecule has 0 aromatic heterocycles. The smallest absolute Gasteiger partial charge is 0.242 e. The third kappa shape index (κ3) is 3.14. The SMILES string of the molecule is CC1SCCN(c2cc(S(=O)(=O)N(C)C)ccc2N)C1C. The maximum atomic E-state index is 12.3. The normalized spacial score (nSPS) is 23.6. The van der Waals surface area contributed by atoms with Gasteiger partial charge in [-0.1, -0.05) is 6.92 Å². The maximum absolute atomic E-state index is 12.3. The number of sulfonamides is 1. The second kappa shape index (κ2) is 6.06. The van der Waals surface area contributed by atoms with E-state index in [0.717, 1.165) is 18.0 Å². The zero-order valence-electron chi connectivity index (χ0n) is 12.9. The summed E-state index contributed by atoms with van der Waals surface area (Å²) in [6.07, 6.45) is 0. The molecule has 7 heteroatoms. The van der Waals surface area contributed by atoms with Gasteiger partial charge in [-0.3, -0.25) is 0 Å². The van der Waals surface area contributed by atoms with E-state index < -0.39 is 10.0 Å². The third-order valence-electron chi connectivity index (χ3n) is 3.97. The van der Waals surface area contributed by atoms with E-state index in [9.17, 15) is 8.42 Å². The van der Waals surface area contributed by atoms with Crippen LogP contribution < -0.4 is 10.6 Å². The number of rotatable bonds is 3. The molecule has 0 amide bonds. The van der Waals surface area contributed by atoms with Crippen molar-refractivity contribution in [3.8, 4) is 0 Å². The Morgan fingerprint density at radius 3 is 2.62 bits per heavy atom. The molecule has 1 aromatic carbocycles. The number of benzene rings is 1. The van der Waals surface area contributed by atoms with Gasteiger partial charge in [0.25, 0.3) is 0 Å². The summed E-state index contributed by atoms with van der Waals surface area (Å²) in [6, 6.07) is 5.28. The highest BCUT2D eigenvalue weighted by Gasteiger charge is 2.28. The Balaban J connectivity index is 2.45. The number of thioether (sulfide) groups is 1. The monoisotopic (exact) mass is 329 g/mol. The van der Waals surface area contributed by atoms with E-state index in [2.05, 4.69) is 18.7 Å². The second-order valence-electron chi connectivity index (χ2n) is 5.52. The largest absolute Gasteiger partial charge is 0.397 e. The molecule has 21 heavy (non-hydrogen) atoms. The highest BCUT2D eigenvalue weighted by molar-refractivity contribution is 8.00. The van der Waals surface area contributed by atoms with E-state index in [4.69, 9.17) is 5.73 Å². The molecular weight excluding hydrogens is 306 g/mol. The molecule has 1 aliphatic rings. The summed E-state index contributed by atoms with van der Waals surface area (Å²) in [4.78, 5) is 2.50. The van der Waals surface area contributed by atoms with Gasteiger partial charge in [0, 0.05) is 37.7 Å². The van der Waals surface area contributed by atoms with Crippen LogP contribution in [-0.2, 0) is 10.0 Å². The van der Waals surface area contributed by atoms with Crippen molar-refractivity contribution in [3.05, 3.63) is 18.2 Å². The van der Waals surface area contributed by atoms with Crippen molar-refractivity contribution < 1.29 is 8.42 Å². The standard InChI is InChI=1S/C14H23N3O2S2/c1-10-11(2)20-8-7-17(10)14-9-12(5-6-13(14)15)21(18,19)16(3)4/h5-6,9-11H,7-8,15H2,1-4H3. The van der Waals surface area contributed by atoms with Crippen LogP contribution in [0.15, 0.2) is 23.1 Å². The van der Waals surface area contributed by atoms with Gasteiger partial charge in [-0.15, -0.1) is 0 Å². The molecule has 2 N–H and O–H groups in total. The number of nitrogens with two attached hydrogens (primary N) is 1. The first-order valence-corrected chi connectivity index (χ1v) is 9.44. The molecule has 0 aliphatic carbocycles. The van der Waals surface area contributed by atoms with Gasteiger partial charge in [-0.25, -0.2) is 12.7 Å². The Morgan fingerprint density at radius 1 is 1.33 bits per heavy atom. The summed E-state index contributed by atoms with van der Waals surface area (Å²) in [7, 11) is -0.369. The van der Waals surface area contributed by atoms with E-state index in [1.807, 2.05) is 11.8 Å². The van der Waals surface area contributed by atoms with Crippen LogP contribution in [0.1, 0.15) is 13.8 Å². The first-order chi connectivity index (χ1) is 9.75. The quantitative estimate of drug-likeness (QED) is 0.857. The first-order valence-electron chi connectivity index (χ1n) is 6.95. The molecule has 1 aromatic rings. The summed E-state index contributed by atoms with van der Waals surface area (Å²) < 4.78 is 25.8. The van der Waals surface area contributed by atoms with Crippen LogP contribution in [0, 0.1) is 0 Å². The van der Waals surface area contributed by atoms with Gasteiger partial charge in [0.2, 0.25) is 10.0 Å². The van der Waals surface area contributed by atoms with Gasteiger partial charge < -0.3 is 10.6 Å². The average molecular weight is 329 g/mol. The van der Waals surface area contributed by atoms with Crippen LogP contribution in [0.3, 0.4) is 0 Å². The molecule has 1 aliphatic heterocycles. The van der Waals surface area contributed by atoms with Crippen molar-refractivity contribution in [2.75, 3.05) is 37.0 Å². The van der Waals surface area contributed by atoms with Crippen molar-refractivity contribution in [1.82, 2.24) is 4.31 Å². The Morgan fingerprint density at radius 2 is 2.00 bits per heavy atom. The Kier molecular flexibility index (Phi) is 4.75. The van der Waals surface area contributed by atoms with Crippen molar-refractivity contribution >= 4 is 33.2 Å². The predicted octanol–water partition coefficient (Wildman–Crippen LogP) is 1.85. The van der Waals surface area contributed by atoms with Crippen LogP contribution in [0.5, 0.6) is 0 Å². The minimum absolute atomic E-state index is 0.287. The highest BCUT2D eigenvalue weighted by atomic mass is 32.2. The van der Waals surface area contributed by atoms with E-state index >= 15 is 0 Å². The number of hydrogen-bond donors (Lipinski definition) is 1.